The molecule has 1 nitrogen and oxygen atoms in total. The molecule has 1 unspecified atom stereocenters. The van der Waals surface area contributed by atoms with Gasteiger partial charge in [-0.25, -0.2) is 0 Å². The second kappa shape index (κ2) is 4.51. The van der Waals surface area contributed by atoms with Gasteiger partial charge in [0.1, 0.15) is 5.75 Å². The van der Waals surface area contributed by atoms with Crippen LogP contribution in [0.25, 0.3) is 0 Å². The molecule has 2 heteroatoms. The highest BCUT2D eigenvalue weighted by atomic mass is 79.9. The molecule has 0 radical (unpaired) electrons. The van der Waals surface area contributed by atoms with Gasteiger partial charge in [-0.3, -0.25) is 0 Å². The van der Waals surface area contributed by atoms with Crippen molar-refractivity contribution in [2.45, 2.75) is 18.2 Å². The number of para-hydroxylation sites is 1. The summed E-state index contributed by atoms with van der Waals surface area (Å²) in [5, 5.41) is 0. The van der Waals surface area contributed by atoms with Crippen LogP contribution < -0.4 is 4.74 Å². The zero-order chi connectivity index (χ0) is 8.97. The van der Waals surface area contributed by atoms with Crippen LogP contribution in [-0.2, 0) is 0 Å². The number of hydrogen-bond acceptors (Lipinski definition) is 1. The Morgan fingerprint density at radius 1 is 1.42 bits per heavy atom. The molecule has 66 valence electrons. The highest BCUT2D eigenvalue weighted by Crippen LogP contribution is 2.32. The van der Waals surface area contributed by atoms with Gasteiger partial charge in [0.2, 0.25) is 0 Å². The minimum Gasteiger partial charge on any atom is -0.496 e. The number of hydrogen-bond donors (Lipinski definition) is 0. The first-order valence-electron chi connectivity index (χ1n) is 4.06. The SMILES string of the molecule is CCC(Br)c1ccccc1OC. The largest absolute Gasteiger partial charge is 0.496 e. The van der Waals surface area contributed by atoms with Crippen molar-refractivity contribution in [2.24, 2.45) is 0 Å². The maximum absolute atomic E-state index is 5.24. The summed E-state index contributed by atoms with van der Waals surface area (Å²) in [5.74, 6) is 0.959. The first kappa shape index (κ1) is 9.59. The van der Waals surface area contributed by atoms with E-state index >= 15 is 0 Å². The van der Waals surface area contributed by atoms with Gasteiger partial charge in [-0.1, -0.05) is 41.1 Å². The Morgan fingerprint density at radius 2 is 2.08 bits per heavy atom. The standard InChI is InChI=1S/C10H13BrO/c1-3-9(11)8-6-4-5-7-10(8)12-2/h4-7,9H,3H2,1-2H3. The molecule has 1 rings (SSSR count). The van der Waals surface area contributed by atoms with E-state index in [2.05, 4.69) is 28.9 Å². The maximum atomic E-state index is 5.24. The molecule has 0 amide bonds. The van der Waals surface area contributed by atoms with Gasteiger partial charge in [0.15, 0.2) is 0 Å². The van der Waals surface area contributed by atoms with Crippen LogP contribution in [-0.4, -0.2) is 7.11 Å². The third-order valence-electron chi connectivity index (χ3n) is 1.83. The van der Waals surface area contributed by atoms with Crippen LogP contribution in [0.4, 0.5) is 0 Å². The Balaban J connectivity index is 2.96. The van der Waals surface area contributed by atoms with E-state index in [0.717, 1.165) is 12.2 Å². The number of methoxy groups -OCH3 is 1. The molecule has 0 saturated heterocycles. The molecular weight excluding hydrogens is 216 g/mol. The lowest BCUT2D eigenvalue weighted by Gasteiger charge is -2.11. The van der Waals surface area contributed by atoms with Crippen molar-refractivity contribution in [3.8, 4) is 5.75 Å². The fraction of sp³-hybridized carbons (Fsp3) is 0.400. The third-order valence-corrected chi connectivity index (χ3v) is 2.98. The van der Waals surface area contributed by atoms with Crippen molar-refractivity contribution in [3.63, 3.8) is 0 Å². The second-order valence-electron chi connectivity index (χ2n) is 2.62. The van der Waals surface area contributed by atoms with Crippen molar-refractivity contribution in [2.75, 3.05) is 7.11 Å². The van der Waals surface area contributed by atoms with Crippen molar-refractivity contribution >= 4 is 15.9 Å². The highest BCUT2D eigenvalue weighted by molar-refractivity contribution is 9.09. The first-order valence-corrected chi connectivity index (χ1v) is 4.98. The number of halogens is 1. The first-order chi connectivity index (χ1) is 5.79. The minimum absolute atomic E-state index is 0.397. The molecule has 0 bridgehead atoms. The van der Waals surface area contributed by atoms with E-state index in [1.165, 1.54) is 5.56 Å². The Labute approximate surface area is 81.9 Å². The van der Waals surface area contributed by atoms with Crippen molar-refractivity contribution < 1.29 is 4.74 Å². The van der Waals surface area contributed by atoms with E-state index in [-0.39, 0.29) is 0 Å². The molecular formula is C10H13BrO. The molecule has 0 heterocycles. The van der Waals surface area contributed by atoms with Crippen LogP contribution in [0.5, 0.6) is 5.75 Å². The maximum Gasteiger partial charge on any atom is 0.123 e. The van der Waals surface area contributed by atoms with E-state index in [1.807, 2.05) is 18.2 Å². The molecule has 0 aromatic heterocycles. The Kier molecular flexibility index (Phi) is 3.60. The smallest absolute Gasteiger partial charge is 0.123 e. The van der Waals surface area contributed by atoms with Gasteiger partial charge in [0.05, 0.1) is 7.11 Å². The lowest BCUT2D eigenvalue weighted by molar-refractivity contribution is 0.409. The summed E-state index contributed by atoms with van der Waals surface area (Å²) >= 11 is 3.60. The molecule has 0 N–H and O–H groups in total. The highest BCUT2D eigenvalue weighted by Gasteiger charge is 2.09. The summed E-state index contributed by atoms with van der Waals surface area (Å²) in [6.45, 7) is 2.14. The number of benzene rings is 1. The molecule has 0 aliphatic heterocycles. The summed E-state index contributed by atoms with van der Waals surface area (Å²) in [4.78, 5) is 0.397. The molecule has 1 aromatic carbocycles. The van der Waals surface area contributed by atoms with Gasteiger partial charge in [0, 0.05) is 10.4 Å². The van der Waals surface area contributed by atoms with Crippen LogP contribution in [0.1, 0.15) is 23.7 Å². The summed E-state index contributed by atoms with van der Waals surface area (Å²) in [7, 11) is 1.70. The number of ether oxygens (including phenoxy) is 1. The molecule has 12 heavy (non-hydrogen) atoms. The molecule has 1 atom stereocenters. The summed E-state index contributed by atoms with van der Waals surface area (Å²) in [5.41, 5.74) is 1.22. The van der Waals surface area contributed by atoms with Crippen LogP contribution in [0, 0.1) is 0 Å². The normalized spacial score (nSPS) is 12.6. The summed E-state index contributed by atoms with van der Waals surface area (Å²) < 4.78 is 5.24. The van der Waals surface area contributed by atoms with E-state index in [1.54, 1.807) is 7.11 Å². The lowest BCUT2D eigenvalue weighted by atomic mass is 10.1. The fourth-order valence-corrected chi connectivity index (χ4v) is 1.52. The van der Waals surface area contributed by atoms with Crippen LogP contribution in [0.2, 0.25) is 0 Å². The van der Waals surface area contributed by atoms with Crippen LogP contribution in [0.15, 0.2) is 24.3 Å². The van der Waals surface area contributed by atoms with Gasteiger partial charge in [0.25, 0.3) is 0 Å². The van der Waals surface area contributed by atoms with E-state index in [9.17, 15) is 0 Å². The second-order valence-corrected chi connectivity index (χ2v) is 3.72. The van der Waals surface area contributed by atoms with Crippen molar-refractivity contribution in [1.29, 1.82) is 0 Å². The zero-order valence-corrected chi connectivity index (χ0v) is 8.97. The average Bonchev–Trinajstić information content (AvgIpc) is 2.16. The predicted octanol–water partition coefficient (Wildman–Crippen LogP) is 3.54. The van der Waals surface area contributed by atoms with Crippen molar-refractivity contribution in [3.05, 3.63) is 29.8 Å². The zero-order valence-electron chi connectivity index (χ0n) is 7.38. The van der Waals surface area contributed by atoms with Crippen LogP contribution in [0.3, 0.4) is 0 Å². The minimum atomic E-state index is 0.397. The topological polar surface area (TPSA) is 9.23 Å². The van der Waals surface area contributed by atoms with E-state index in [4.69, 9.17) is 4.74 Å². The van der Waals surface area contributed by atoms with E-state index in [0.29, 0.717) is 4.83 Å². The summed E-state index contributed by atoms with van der Waals surface area (Å²) in [6.07, 6.45) is 1.07. The molecule has 0 aliphatic carbocycles. The molecule has 0 saturated carbocycles. The quantitative estimate of drug-likeness (QED) is 0.720. The van der Waals surface area contributed by atoms with Gasteiger partial charge in [-0.2, -0.15) is 0 Å². The third kappa shape index (κ3) is 2.01. The number of rotatable bonds is 3. The Hall–Kier alpha value is -0.500. The van der Waals surface area contributed by atoms with E-state index < -0.39 is 0 Å². The Bertz CT molecular complexity index is 247. The number of alkyl halides is 1. The van der Waals surface area contributed by atoms with Gasteiger partial charge in [-0.15, -0.1) is 0 Å². The van der Waals surface area contributed by atoms with Gasteiger partial charge < -0.3 is 4.74 Å². The van der Waals surface area contributed by atoms with Gasteiger partial charge >= 0.3 is 0 Å². The lowest BCUT2D eigenvalue weighted by Crippen LogP contribution is -1.93. The van der Waals surface area contributed by atoms with Gasteiger partial charge in [-0.05, 0) is 12.5 Å². The molecule has 0 aliphatic rings. The Morgan fingerprint density at radius 3 is 2.67 bits per heavy atom. The molecule has 1 aromatic rings. The summed E-state index contributed by atoms with van der Waals surface area (Å²) in [6, 6.07) is 8.08. The predicted molar refractivity (Wildman–Crippen MR) is 55.0 cm³/mol. The monoisotopic (exact) mass is 228 g/mol. The van der Waals surface area contributed by atoms with Crippen molar-refractivity contribution in [1.82, 2.24) is 0 Å². The molecule has 0 fully saturated rings. The van der Waals surface area contributed by atoms with Crippen LogP contribution >= 0.6 is 15.9 Å². The molecule has 0 spiro atoms. The average molecular weight is 229 g/mol. The fourth-order valence-electron chi connectivity index (χ4n) is 1.15.